The standard InChI is InChI=1S/C18H29N3O3S/c1-4-5-14-20(2)18(22)16-8-6-7-9-17(16)25(23,24)21(3)15-10-12-19-13-11-15/h6-9,15,19H,4-5,10-14H2,1-3H3. The van der Waals surface area contributed by atoms with Crippen LogP contribution in [0.1, 0.15) is 43.0 Å². The van der Waals surface area contributed by atoms with Crippen LogP contribution in [-0.4, -0.2) is 63.3 Å². The number of hydrogen-bond donors (Lipinski definition) is 1. The van der Waals surface area contributed by atoms with Crippen LogP contribution in [-0.2, 0) is 10.0 Å². The van der Waals surface area contributed by atoms with Gasteiger partial charge in [0.15, 0.2) is 0 Å². The summed E-state index contributed by atoms with van der Waals surface area (Å²) in [6, 6.07) is 6.49. The van der Waals surface area contributed by atoms with Crippen LogP contribution in [0.2, 0.25) is 0 Å². The second-order valence-corrected chi connectivity index (χ2v) is 8.54. The van der Waals surface area contributed by atoms with Gasteiger partial charge in [-0.1, -0.05) is 25.5 Å². The third-order valence-corrected chi connectivity index (χ3v) is 6.76. The summed E-state index contributed by atoms with van der Waals surface area (Å²) in [5, 5.41) is 3.24. The van der Waals surface area contributed by atoms with Gasteiger partial charge in [-0.3, -0.25) is 4.79 Å². The molecule has 7 heteroatoms. The van der Waals surface area contributed by atoms with Gasteiger partial charge in [0.05, 0.1) is 10.5 Å². The molecule has 1 aromatic carbocycles. The van der Waals surface area contributed by atoms with Crippen LogP contribution in [0.15, 0.2) is 29.2 Å². The highest BCUT2D eigenvalue weighted by atomic mass is 32.2. The van der Waals surface area contributed by atoms with Gasteiger partial charge in [-0.05, 0) is 44.5 Å². The zero-order valence-electron chi connectivity index (χ0n) is 15.4. The van der Waals surface area contributed by atoms with Gasteiger partial charge in [0.2, 0.25) is 10.0 Å². The number of nitrogens with zero attached hydrogens (tertiary/aromatic N) is 2. The van der Waals surface area contributed by atoms with Crippen LogP contribution in [0, 0.1) is 0 Å². The normalized spacial score (nSPS) is 16.2. The van der Waals surface area contributed by atoms with Crippen molar-refractivity contribution in [3.8, 4) is 0 Å². The molecule has 0 radical (unpaired) electrons. The maximum atomic E-state index is 13.1. The van der Waals surface area contributed by atoms with Gasteiger partial charge < -0.3 is 10.2 Å². The molecule has 0 spiro atoms. The lowest BCUT2D eigenvalue weighted by Gasteiger charge is -2.31. The Balaban J connectivity index is 2.30. The second kappa shape index (κ2) is 8.78. The quantitative estimate of drug-likeness (QED) is 0.799. The molecule has 1 amide bonds. The van der Waals surface area contributed by atoms with Crippen molar-refractivity contribution in [3.63, 3.8) is 0 Å². The van der Waals surface area contributed by atoms with Crippen molar-refractivity contribution >= 4 is 15.9 Å². The summed E-state index contributed by atoms with van der Waals surface area (Å²) in [6.45, 7) is 4.30. The topological polar surface area (TPSA) is 69.7 Å². The highest BCUT2D eigenvalue weighted by molar-refractivity contribution is 7.89. The number of hydrogen-bond acceptors (Lipinski definition) is 4. The maximum absolute atomic E-state index is 13.1. The Labute approximate surface area is 151 Å². The SMILES string of the molecule is CCCCN(C)C(=O)c1ccccc1S(=O)(=O)N(C)C1CCNCC1. The van der Waals surface area contributed by atoms with E-state index >= 15 is 0 Å². The highest BCUT2D eigenvalue weighted by Gasteiger charge is 2.32. The Bertz CT molecular complexity index is 685. The predicted molar refractivity (Wildman–Crippen MR) is 99.2 cm³/mol. The van der Waals surface area contributed by atoms with Crippen molar-refractivity contribution < 1.29 is 13.2 Å². The molecule has 0 atom stereocenters. The highest BCUT2D eigenvalue weighted by Crippen LogP contribution is 2.24. The first-order chi connectivity index (χ1) is 11.9. The fourth-order valence-electron chi connectivity index (χ4n) is 3.09. The van der Waals surface area contributed by atoms with E-state index < -0.39 is 10.0 Å². The summed E-state index contributed by atoms with van der Waals surface area (Å²) in [5.41, 5.74) is 0.252. The molecule has 0 unspecified atom stereocenters. The van der Waals surface area contributed by atoms with E-state index in [0.29, 0.717) is 6.54 Å². The Morgan fingerprint density at radius 1 is 1.20 bits per heavy atom. The average molecular weight is 368 g/mol. The molecule has 6 nitrogen and oxygen atoms in total. The van der Waals surface area contributed by atoms with E-state index in [-0.39, 0.29) is 22.4 Å². The number of unbranched alkanes of at least 4 members (excludes halogenated alkanes) is 1. The zero-order chi connectivity index (χ0) is 18.4. The van der Waals surface area contributed by atoms with Crippen molar-refractivity contribution in [2.24, 2.45) is 0 Å². The number of carbonyl (C=O) groups is 1. The largest absolute Gasteiger partial charge is 0.342 e. The average Bonchev–Trinajstić information content (AvgIpc) is 2.65. The number of benzene rings is 1. The number of piperidine rings is 1. The smallest absolute Gasteiger partial charge is 0.254 e. The first-order valence-corrected chi connectivity index (χ1v) is 10.4. The molecular weight excluding hydrogens is 338 g/mol. The van der Waals surface area contributed by atoms with E-state index in [0.717, 1.165) is 38.8 Å². The third-order valence-electron chi connectivity index (χ3n) is 4.79. The van der Waals surface area contributed by atoms with Gasteiger partial charge in [-0.2, -0.15) is 4.31 Å². The lowest BCUT2D eigenvalue weighted by Crippen LogP contribution is -2.44. The number of sulfonamides is 1. The summed E-state index contributed by atoms with van der Waals surface area (Å²) < 4.78 is 27.7. The van der Waals surface area contributed by atoms with Gasteiger partial charge in [0.1, 0.15) is 0 Å². The molecule has 1 aliphatic heterocycles. The molecule has 0 bridgehead atoms. The van der Waals surface area contributed by atoms with E-state index in [1.807, 2.05) is 0 Å². The maximum Gasteiger partial charge on any atom is 0.254 e. The Hall–Kier alpha value is -1.44. The molecule has 1 fully saturated rings. The minimum Gasteiger partial charge on any atom is -0.342 e. The molecule has 2 rings (SSSR count). The molecule has 0 aromatic heterocycles. The monoisotopic (exact) mass is 367 g/mol. The minimum atomic E-state index is -3.71. The molecular formula is C18H29N3O3S. The first-order valence-electron chi connectivity index (χ1n) is 8.92. The van der Waals surface area contributed by atoms with E-state index in [1.165, 1.54) is 10.4 Å². The second-order valence-electron chi connectivity index (χ2n) is 6.58. The van der Waals surface area contributed by atoms with Gasteiger partial charge in [0.25, 0.3) is 5.91 Å². The minimum absolute atomic E-state index is 0.0350. The third kappa shape index (κ3) is 4.59. The van der Waals surface area contributed by atoms with Gasteiger partial charge in [-0.15, -0.1) is 0 Å². The predicted octanol–water partition coefficient (Wildman–Crippen LogP) is 1.93. The van der Waals surface area contributed by atoms with E-state index in [1.54, 1.807) is 37.2 Å². The van der Waals surface area contributed by atoms with Crippen LogP contribution in [0.5, 0.6) is 0 Å². The fourth-order valence-corrected chi connectivity index (χ4v) is 4.69. The Morgan fingerprint density at radius 2 is 1.84 bits per heavy atom. The van der Waals surface area contributed by atoms with Crippen LogP contribution < -0.4 is 5.32 Å². The molecule has 0 aliphatic carbocycles. The summed E-state index contributed by atoms with van der Waals surface area (Å²) in [7, 11) is -0.372. The number of amides is 1. The fraction of sp³-hybridized carbons (Fsp3) is 0.611. The summed E-state index contributed by atoms with van der Waals surface area (Å²) >= 11 is 0. The van der Waals surface area contributed by atoms with Crippen molar-refractivity contribution in [2.75, 3.05) is 33.7 Å². The van der Waals surface area contributed by atoms with Crippen molar-refractivity contribution in [1.29, 1.82) is 0 Å². The summed E-state index contributed by atoms with van der Waals surface area (Å²) in [4.78, 5) is 14.5. The van der Waals surface area contributed by atoms with Crippen LogP contribution >= 0.6 is 0 Å². The van der Waals surface area contributed by atoms with Crippen LogP contribution in [0.4, 0.5) is 0 Å². The van der Waals surface area contributed by atoms with E-state index in [9.17, 15) is 13.2 Å². The molecule has 1 saturated heterocycles. The summed E-state index contributed by atoms with van der Waals surface area (Å²) in [6.07, 6.45) is 3.44. The molecule has 1 N–H and O–H groups in total. The zero-order valence-corrected chi connectivity index (χ0v) is 16.2. The van der Waals surface area contributed by atoms with Gasteiger partial charge in [0, 0.05) is 26.7 Å². The molecule has 0 saturated carbocycles. The van der Waals surface area contributed by atoms with E-state index in [4.69, 9.17) is 0 Å². The lowest BCUT2D eigenvalue weighted by molar-refractivity contribution is 0.0789. The number of nitrogens with one attached hydrogen (secondary N) is 1. The molecule has 1 heterocycles. The van der Waals surface area contributed by atoms with Gasteiger partial charge in [-0.25, -0.2) is 8.42 Å². The van der Waals surface area contributed by atoms with Crippen LogP contribution in [0.25, 0.3) is 0 Å². The molecule has 140 valence electrons. The Morgan fingerprint density at radius 3 is 2.48 bits per heavy atom. The van der Waals surface area contributed by atoms with Crippen molar-refractivity contribution in [3.05, 3.63) is 29.8 Å². The van der Waals surface area contributed by atoms with E-state index in [2.05, 4.69) is 12.2 Å². The first kappa shape index (κ1) is 19.9. The van der Waals surface area contributed by atoms with Crippen molar-refractivity contribution in [1.82, 2.24) is 14.5 Å². The number of carbonyl (C=O) groups excluding carboxylic acids is 1. The number of rotatable bonds is 7. The summed E-state index contributed by atoms with van der Waals surface area (Å²) in [5.74, 6) is -0.244. The Kier molecular flexibility index (Phi) is 6.98. The molecule has 1 aromatic rings. The molecule has 1 aliphatic rings. The van der Waals surface area contributed by atoms with Crippen molar-refractivity contribution in [2.45, 2.75) is 43.5 Å². The van der Waals surface area contributed by atoms with Crippen LogP contribution in [0.3, 0.4) is 0 Å². The lowest BCUT2D eigenvalue weighted by atomic mass is 10.1. The van der Waals surface area contributed by atoms with Gasteiger partial charge >= 0.3 is 0 Å². The molecule has 25 heavy (non-hydrogen) atoms.